The van der Waals surface area contributed by atoms with Crippen molar-refractivity contribution < 1.29 is 17.6 Å². The Morgan fingerprint density at radius 1 is 1.15 bits per heavy atom. The van der Waals surface area contributed by atoms with Gasteiger partial charge in [0.05, 0.1) is 10.6 Å². The molecule has 1 amide bonds. The van der Waals surface area contributed by atoms with E-state index in [1.165, 1.54) is 40.3 Å². The number of amides is 1. The van der Waals surface area contributed by atoms with Crippen LogP contribution in [-0.4, -0.2) is 48.2 Å². The summed E-state index contributed by atoms with van der Waals surface area (Å²) in [6, 6.07) is 5.91. The van der Waals surface area contributed by atoms with Crippen molar-refractivity contribution in [3.8, 4) is 0 Å². The maximum Gasteiger partial charge on any atom is 0.322 e. The van der Waals surface area contributed by atoms with E-state index < -0.39 is 15.9 Å². The number of nitrogens with zero attached hydrogens (tertiary/aromatic N) is 3. The van der Waals surface area contributed by atoms with Crippen LogP contribution >= 0.6 is 11.8 Å². The van der Waals surface area contributed by atoms with Crippen LogP contribution in [0.2, 0.25) is 0 Å². The third-order valence-corrected chi connectivity index (χ3v) is 6.72. The predicted octanol–water partition coefficient (Wildman–Crippen LogP) is 2.75. The van der Waals surface area contributed by atoms with Gasteiger partial charge in [0.2, 0.25) is 15.9 Å². The van der Waals surface area contributed by atoms with Gasteiger partial charge in [-0.25, -0.2) is 8.42 Å². The second-order valence-corrected chi connectivity index (χ2v) is 9.03. The summed E-state index contributed by atoms with van der Waals surface area (Å²) in [5.41, 5.74) is 0.314. The predicted molar refractivity (Wildman–Crippen MR) is 103 cm³/mol. The molecule has 1 aliphatic rings. The number of benzene rings is 1. The van der Waals surface area contributed by atoms with Crippen LogP contribution in [0, 0.1) is 0 Å². The number of rotatable bonds is 6. The van der Waals surface area contributed by atoms with Gasteiger partial charge in [0.15, 0.2) is 0 Å². The molecule has 1 aliphatic heterocycles. The lowest BCUT2D eigenvalue weighted by atomic mass is 10.2. The van der Waals surface area contributed by atoms with E-state index in [0.717, 1.165) is 25.7 Å². The molecule has 1 N–H and O–H groups in total. The first-order valence-electron chi connectivity index (χ1n) is 8.73. The molecular weight excluding hydrogens is 388 g/mol. The van der Waals surface area contributed by atoms with Crippen molar-refractivity contribution >= 4 is 33.7 Å². The molecular formula is C17H22N4O4S2. The Balaban J connectivity index is 1.69. The fourth-order valence-corrected chi connectivity index (χ4v) is 4.75. The molecule has 1 fully saturated rings. The Kier molecular flexibility index (Phi) is 6.51. The van der Waals surface area contributed by atoms with Crippen molar-refractivity contribution in [1.29, 1.82) is 0 Å². The summed E-state index contributed by atoms with van der Waals surface area (Å²) in [6.45, 7) is 1.08. The number of carbonyl (C=O) groups is 1. The van der Waals surface area contributed by atoms with Gasteiger partial charge in [0, 0.05) is 18.7 Å². The van der Waals surface area contributed by atoms with E-state index in [2.05, 4.69) is 15.5 Å². The first-order chi connectivity index (χ1) is 13.0. The van der Waals surface area contributed by atoms with Gasteiger partial charge in [-0.1, -0.05) is 17.9 Å². The van der Waals surface area contributed by atoms with E-state index in [1.807, 2.05) is 6.26 Å². The zero-order chi connectivity index (χ0) is 19.3. The number of anilines is 1. The lowest BCUT2D eigenvalue weighted by Gasteiger charge is -2.19. The molecule has 3 rings (SSSR count). The fraction of sp³-hybridized carbons (Fsp3) is 0.471. The molecule has 1 saturated heterocycles. The SMILES string of the molecule is CSCc1nnc(NC(=O)c2ccc(S(=O)(=O)N3CCCCCC3)cc2)o1. The molecule has 0 atom stereocenters. The lowest BCUT2D eigenvalue weighted by molar-refractivity contribution is 0.102. The Labute approximate surface area is 162 Å². The molecule has 0 unspecified atom stereocenters. The smallest absolute Gasteiger partial charge is 0.322 e. The lowest BCUT2D eigenvalue weighted by Crippen LogP contribution is -2.31. The summed E-state index contributed by atoms with van der Waals surface area (Å²) in [6.07, 6.45) is 5.77. The molecule has 146 valence electrons. The average Bonchev–Trinajstić information content (AvgIpc) is 2.92. The van der Waals surface area contributed by atoms with Crippen LogP contribution in [0.15, 0.2) is 33.6 Å². The third kappa shape index (κ3) is 4.88. The van der Waals surface area contributed by atoms with E-state index in [1.54, 1.807) is 0 Å². The second-order valence-electron chi connectivity index (χ2n) is 6.23. The molecule has 1 aromatic heterocycles. The Morgan fingerprint density at radius 2 is 1.81 bits per heavy atom. The van der Waals surface area contributed by atoms with Crippen molar-refractivity contribution in [2.45, 2.75) is 36.3 Å². The molecule has 0 aliphatic carbocycles. The highest BCUT2D eigenvalue weighted by Gasteiger charge is 2.25. The van der Waals surface area contributed by atoms with Gasteiger partial charge in [-0.15, -0.1) is 5.10 Å². The van der Waals surface area contributed by atoms with Crippen LogP contribution in [0.25, 0.3) is 0 Å². The van der Waals surface area contributed by atoms with Crippen LogP contribution in [0.1, 0.15) is 41.9 Å². The van der Waals surface area contributed by atoms with Gasteiger partial charge in [0.25, 0.3) is 5.91 Å². The van der Waals surface area contributed by atoms with Crippen molar-refractivity contribution in [2.75, 3.05) is 24.7 Å². The fourth-order valence-electron chi connectivity index (χ4n) is 2.86. The van der Waals surface area contributed by atoms with Crippen LogP contribution < -0.4 is 5.32 Å². The highest BCUT2D eigenvalue weighted by atomic mass is 32.2. The van der Waals surface area contributed by atoms with E-state index in [-0.39, 0.29) is 10.9 Å². The largest absolute Gasteiger partial charge is 0.407 e. The first-order valence-corrected chi connectivity index (χ1v) is 11.6. The monoisotopic (exact) mass is 410 g/mol. The molecule has 8 nitrogen and oxygen atoms in total. The molecule has 0 radical (unpaired) electrons. The minimum absolute atomic E-state index is 0.0188. The summed E-state index contributed by atoms with van der Waals surface area (Å²) in [5.74, 6) is 0.552. The summed E-state index contributed by atoms with van der Waals surface area (Å²) >= 11 is 1.53. The molecule has 0 bridgehead atoms. The normalized spacial score (nSPS) is 16.0. The molecule has 0 saturated carbocycles. The minimum Gasteiger partial charge on any atom is -0.407 e. The quantitative estimate of drug-likeness (QED) is 0.780. The van der Waals surface area contributed by atoms with Crippen LogP contribution in [0.5, 0.6) is 0 Å². The Morgan fingerprint density at radius 3 is 2.44 bits per heavy atom. The second kappa shape index (κ2) is 8.85. The highest BCUT2D eigenvalue weighted by Crippen LogP contribution is 2.21. The van der Waals surface area contributed by atoms with Crippen LogP contribution in [0.3, 0.4) is 0 Å². The first kappa shape index (κ1) is 19.8. The van der Waals surface area contributed by atoms with E-state index in [4.69, 9.17) is 4.42 Å². The van der Waals surface area contributed by atoms with Gasteiger partial charge in [-0.3, -0.25) is 10.1 Å². The highest BCUT2D eigenvalue weighted by molar-refractivity contribution is 7.97. The third-order valence-electron chi connectivity index (χ3n) is 4.27. The van der Waals surface area contributed by atoms with Crippen molar-refractivity contribution in [3.63, 3.8) is 0 Å². The average molecular weight is 411 g/mol. The summed E-state index contributed by atoms with van der Waals surface area (Å²) < 4.78 is 32.4. The number of hydrogen-bond acceptors (Lipinski definition) is 7. The molecule has 1 aromatic carbocycles. The molecule has 2 aromatic rings. The van der Waals surface area contributed by atoms with E-state index in [0.29, 0.717) is 30.3 Å². The summed E-state index contributed by atoms with van der Waals surface area (Å²) in [5, 5.41) is 10.1. The molecule has 10 heteroatoms. The number of carbonyl (C=O) groups excluding carboxylic acids is 1. The number of nitrogens with one attached hydrogen (secondary N) is 1. The maximum absolute atomic E-state index is 12.8. The van der Waals surface area contributed by atoms with Gasteiger partial charge in [-0.05, 0) is 43.4 Å². The van der Waals surface area contributed by atoms with Crippen molar-refractivity contribution in [3.05, 3.63) is 35.7 Å². The van der Waals surface area contributed by atoms with Gasteiger partial charge in [-0.2, -0.15) is 16.1 Å². The summed E-state index contributed by atoms with van der Waals surface area (Å²) in [7, 11) is -3.53. The number of thioether (sulfide) groups is 1. The summed E-state index contributed by atoms with van der Waals surface area (Å²) in [4.78, 5) is 12.5. The Hall–Kier alpha value is -1.91. The number of aromatic nitrogens is 2. The van der Waals surface area contributed by atoms with Gasteiger partial charge in [0.1, 0.15) is 0 Å². The van der Waals surface area contributed by atoms with E-state index >= 15 is 0 Å². The number of sulfonamides is 1. The van der Waals surface area contributed by atoms with Crippen LogP contribution in [0.4, 0.5) is 6.01 Å². The van der Waals surface area contributed by atoms with Gasteiger partial charge < -0.3 is 4.42 Å². The maximum atomic E-state index is 12.8. The van der Waals surface area contributed by atoms with Crippen molar-refractivity contribution in [2.24, 2.45) is 0 Å². The molecule has 27 heavy (non-hydrogen) atoms. The minimum atomic E-state index is -3.53. The Bertz CT molecular complexity index is 873. The van der Waals surface area contributed by atoms with E-state index in [9.17, 15) is 13.2 Å². The molecule has 0 spiro atoms. The zero-order valence-electron chi connectivity index (χ0n) is 15.1. The van der Waals surface area contributed by atoms with Gasteiger partial charge >= 0.3 is 6.01 Å². The molecule has 2 heterocycles. The number of hydrogen-bond donors (Lipinski definition) is 1. The zero-order valence-corrected chi connectivity index (χ0v) is 16.7. The topological polar surface area (TPSA) is 105 Å². The van der Waals surface area contributed by atoms with Crippen LogP contribution in [-0.2, 0) is 15.8 Å². The van der Waals surface area contributed by atoms with Crippen molar-refractivity contribution in [1.82, 2.24) is 14.5 Å². The standard InChI is InChI=1S/C17H22N4O4S2/c1-26-12-15-19-20-17(25-15)18-16(22)13-6-8-14(9-7-13)27(23,24)21-10-4-2-3-5-11-21/h6-9H,2-5,10-12H2,1H3,(H,18,20,22).